The number of aliphatic hydroxyl groups excluding tert-OH is 5. The highest BCUT2D eigenvalue weighted by molar-refractivity contribution is 5.76. The highest BCUT2D eigenvalue weighted by Crippen LogP contribution is 2.23. The van der Waals surface area contributed by atoms with Crippen LogP contribution in [0.2, 0.25) is 0 Å². The van der Waals surface area contributed by atoms with E-state index in [0.717, 1.165) is 64.2 Å². The van der Waals surface area contributed by atoms with Gasteiger partial charge in [-0.05, 0) is 32.1 Å². The van der Waals surface area contributed by atoms with Gasteiger partial charge in [-0.25, -0.2) is 0 Å². The van der Waals surface area contributed by atoms with Crippen LogP contribution in [0.4, 0.5) is 0 Å². The summed E-state index contributed by atoms with van der Waals surface area (Å²) < 4.78 is 11.3. The van der Waals surface area contributed by atoms with Gasteiger partial charge in [-0.1, -0.05) is 244 Å². The second kappa shape index (κ2) is 44.7. The standard InChI is InChI=1S/C54H105NO8/c1-3-5-7-9-11-13-15-16-17-18-19-20-21-22-23-24-25-26-27-28-29-30-31-32-33-34-35-37-39-41-43-48(57)47(46-62-54-53(61)52(60)51(59)49(45-56)63-54)55-50(58)44-42-40-38-36-14-12-10-8-6-4-2/h8,10,47-49,51-54,56-57,59-61H,3-7,9,11-46H2,1-2H3,(H,55,58)/b10-8-. The maximum absolute atomic E-state index is 12.9. The summed E-state index contributed by atoms with van der Waals surface area (Å²) >= 11 is 0. The molecule has 9 nitrogen and oxygen atoms in total. The first-order valence-corrected chi connectivity index (χ1v) is 27.4. The first-order valence-electron chi connectivity index (χ1n) is 27.4. The van der Waals surface area contributed by atoms with Gasteiger partial charge in [0.1, 0.15) is 24.4 Å². The number of carbonyl (C=O) groups is 1. The highest BCUT2D eigenvalue weighted by Gasteiger charge is 2.44. The Labute approximate surface area is 388 Å². The minimum atomic E-state index is -1.55. The van der Waals surface area contributed by atoms with Gasteiger partial charge in [-0.2, -0.15) is 0 Å². The number of rotatable bonds is 47. The van der Waals surface area contributed by atoms with E-state index in [1.54, 1.807) is 0 Å². The van der Waals surface area contributed by atoms with Crippen LogP contribution in [0.3, 0.4) is 0 Å². The van der Waals surface area contributed by atoms with Gasteiger partial charge in [-0.3, -0.25) is 4.79 Å². The Morgan fingerprint density at radius 3 is 1.35 bits per heavy atom. The number of nitrogens with one attached hydrogen (secondary N) is 1. The fraction of sp³-hybridized carbons (Fsp3) is 0.944. The van der Waals surface area contributed by atoms with Gasteiger partial charge >= 0.3 is 0 Å². The Hall–Kier alpha value is -1.07. The van der Waals surface area contributed by atoms with E-state index in [4.69, 9.17) is 9.47 Å². The minimum absolute atomic E-state index is 0.138. The number of hydrogen-bond acceptors (Lipinski definition) is 8. The molecule has 1 aliphatic heterocycles. The van der Waals surface area contributed by atoms with Crippen LogP contribution in [0.5, 0.6) is 0 Å². The normalized spacial score (nSPS) is 20.1. The summed E-state index contributed by atoms with van der Waals surface area (Å²) in [7, 11) is 0. The van der Waals surface area contributed by atoms with Gasteiger partial charge in [0.05, 0.1) is 25.4 Å². The second-order valence-electron chi connectivity index (χ2n) is 19.4. The molecule has 1 fully saturated rings. The quantitative estimate of drug-likeness (QED) is 0.0261. The minimum Gasteiger partial charge on any atom is -0.394 e. The first kappa shape index (κ1) is 59.9. The Bertz CT molecular complexity index is 997. The van der Waals surface area contributed by atoms with Crippen molar-refractivity contribution in [3.05, 3.63) is 12.2 Å². The lowest BCUT2D eigenvalue weighted by molar-refractivity contribution is -0.302. The molecule has 0 aromatic carbocycles. The van der Waals surface area contributed by atoms with E-state index in [-0.39, 0.29) is 12.5 Å². The first-order chi connectivity index (χ1) is 30.8. The third-order valence-electron chi connectivity index (χ3n) is 13.3. The Kier molecular flexibility index (Phi) is 42.6. The molecule has 0 saturated carbocycles. The zero-order valence-corrected chi connectivity index (χ0v) is 41.4. The molecule has 1 saturated heterocycles. The van der Waals surface area contributed by atoms with E-state index < -0.39 is 49.5 Å². The van der Waals surface area contributed by atoms with Crippen molar-refractivity contribution in [3.8, 4) is 0 Å². The molecule has 6 N–H and O–H groups in total. The van der Waals surface area contributed by atoms with E-state index in [0.29, 0.717) is 12.8 Å². The molecule has 1 aliphatic rings. The van der Waals surface area contributed by atoms with Crippen LogP contribution in [0.15, 0.2) is 12.2 Å². The molecule has 0 aromatic heterocycles. The lowest BCUT2D eigenvalue weighted by atomic mass is 9.99. The molecular formula is C54H105NO8. The summed E-state index contributed by atoms with van der Waals surface area (Å²) in [6.45, 7) is 3.79. The smallest absolute Gasteiger partial charge is 0.220 e. The van der Waals surface area contributed by atoms with Gasteiger partial charge in [0.25, 0.3) is 0 Å². The fourth-order valence-electron chi connectivity index (χ4n) is 8.99. The predicted molar refractivity (Wildman–Crippen MR) is 263 cm³/mol. The summed E-state index contributed by atoms with van der Waals surface area (Å²) in [4.78, 5) is 12.9. The largest absolute Gasteiger partial charge is 0.394 e. The average molecular weight is 896 g/mol. The Morgan fingerprint density at radius 1 is 0.524 bits per heavy atom. The molecular weight excluding hydrogens is 791 g/mol. The molecule has 1 rings (SSSR count). The molecule has 0 spiro atoms. The van der Waals surface area contributed by atoms with Gasteiger partial charge in [0, 0.05) is 6.42 Å². The van der Waals surface area contributed by atoms with Crippen molar-refractivity contribution in [2.24, 2.45) is 0 Å². The van der Waals surface area contributed by atoms with E-state index in [1.807, 2.05) is 0 Å². The molecule has 0 aliphatic carbocycles. The zero-order chi connectivity index (χ0) is 45.9. The summed E-state index contributed by atoms with van der Waals surface area (Å²) in [5, 5.41) is 54.4. The number of amides is 1. The van der Waals surface area contributed by atoms with Crippen LogP contribution >= 0.6 is 0 Å². The lowest BCUT2D eigenvalue weighted by Crippen LogP contribution is -2.60. The van der Waals surface area contributed by atoms with Gasteiger partial charge in [0.2, 0.25) is 5.91 Å². The molecule has 0 aromatic rings. The van der Waals surface area contributed by atoms with E-state index >= 15 is 0 Å². The number of carbonyl (C=O) groups excluding carboxylic acids is 1. The van der Waals surface area contributed by atoms with Crippen LogP contribution in [-0.4, -0.2) is 87.5 Å². The van der Waals surface area contributed by atoms with Gasteiger partial charge in [0.15, 0.2) is 6.29 Å². The fourth-order valence-corrected chi connectivity index (χ4v) is 8.99. The van der Waals surface area contributed by atoms with Crippen LogP contribution in [-0.2, 0) is 14.3 Å². The molecule has 9 heteroatoms. The number of ether oxygens (including phenoxy) is 2. The van der Waals surface area contributed by atoms with Crippen molar-refractivity contribution in [2.75, 3.05) is 13.2 Å². The second-order valence-corrected chi connectivity index (χ2v) is 19.4. The van der Waals surface area contributed by atoms with Crippen molar-refractivity contribution in [1.82, 2.24) is 5.32 Å². The summed E-state index contributed by atoms with van der Waals surface area (Å²) in [6.07, 6.45) is 47.0. The van der Waals surface area contributed by atoms with Gasteiger partial charge < -0.3 is 40.3 Å². The molecule has 0 radical (unpaired) electrons. The van der Waals surface area contributed by atoms with E-state index in [2.05, 4.69) is 31.3 Å². The number of aliphatic hydroxyl groups is 5. The molecule has 0 bridgehead atoms. The predicted octanol–water partition coefficient (Wildman–Crippen LogP) is 12.8. The molecule has 63 heavy (non-hydrogen) atoms. The van der Waals surface area contributed by atoms with E-state index in [1.165, 1.54) is 180 Å². The SMILES string of the molecule is CCC/C=C\CCCCCCCC(=O)NC(COC1OC(CO)C(O)C(O)C1O)C(O)CCCCCCCCCCCCCCCCCCCCCCCCCCCCCCCC. The number of unbranched alkanes of at least 4 members (excludes halogenated alkanes) is 35. The van der Waals surface area contributed by atoms with Crippen molar-refractivity contribution < 1.29 is 39.8 Å². The Morgan fingerprint density at radius 2 is 0.921 bits per heavy atom. The average Bonchev–Trinajstić information content (AvgIpc) is 3.28. The topological polar surface area (TPSA) is 149 Å². The zero-order valence-electron chi connectivity index (χ0n) is 41.4. The maximum Gasteiger partial charge on any atom is 0.220 e. The molecule has 374 valence electrons. The maximum atomic E-state index is 12.9. The number of hydrogen-bond donors (Lipinski definition) is 6. The molecule has 7 atom stereocenters. The van der Waals surface area contributed by atoms with Crippen LogP contribution < -0.4 is 5.32 Å². The van der Waals surface area contributed by atoms with Crippen molar-refractivity contribution >= 4 is 5.91 Å². The van der Waals surface area contributed by atoms with Crippen LogP contribution in [0.25, 0.3) is 0 Å². The van der Waals surface area contributed by atoms with Gasteiger partial charge in [-0.15, -0.1) is 0 Å². The van der Waals surface area contributed by atoms with E-state index in [9.17, 15) is 30.3 Å². The lowest BCUT2D eigenvalue weighted by Gasteiger charge is -2.40. The van der Waals surface area contributed by atoms with Crippen molar-refractivity contribution in [1.29, 1.82) is 0 Å². The summed E-state index contributed by atoms with van der Waals surface area (Å²) in [6, 6.07) is -0.719. The van der Waals surface area contributed by atoms with Crippen LogP contribution in [0, 0.1) is 0 Å². The monoisotopic (exact) mass is 896 g/mol. The van der Waals surface area contributed by atoms with Crippen molar-refractivity contribution in [3.63, 3.8) is 0 Å². The molecule has 1 heterocycles. The number of allylic oxidation sites excluding steroid dienone is 2. The van der Waals surface area contributed by atoms with Crippen molar-refractivity contribution in [2.45, 2.75) is 314 Å². The highest BCUT2D eigenvalue weighted by atomic mass is 16.7. The third kappa shape index (κ3) is 34.8. The summed E-state index contributed by atoms with van der Waals surface area (Å²) in [5.41, 5.74) is 0. The van der Waals surface area contributed by atoms with Crippen LogP contribution in [0.1, 0.15) is 271 Å². The third-order valence-corrected chi connectivity index (χ3v) is 13.3. The molecule has 1 amide bonds. The molecule has 7 unspecified atom stereocenters. The Balaban J connectivity index is 2.10. The summed E-state index contributed by atoms with van der Waals surface area (Å²) in [5.74, 6) is -0.153.